The molecule has 0 saturated carbocycles. The minimum atomic E-state index is -3.20. The first-order valence-corrected chi connectivity index (χ1v) is 9.32. The minimum absolute atomic E-state index is 0.214. The van der Waals surface area contributed by atoms with Gasteiger partial charge in [0, 0.05) is 5.69 Å². The van der Waals surface area contributed by atoms with Crippen molar-refractivity contribution in [2.75, 3.05) is 10.5 Å². The van der Waals surface area contributed by atoms with Gasteiger partial charge in [0.2, 0.25) is 10.0 Å². The van der Waals surface area contributed by atoms with Crippen molar-refractivity contribution in [2.45, 2.75) is 58.8 Å². The Morgan fingerprint density at radius 1 is 1.00 bits per heavy atom. The Kier molecular flexibility index (Phi) is 7.67. The van der Waals surface area contributed by atoms with E-state index in [1.807, 2.05) is 18.2 Å². The molecule has 1 N–H and O–H groups in total. The van der Waals surface area contributed by atoms with Crippen LogP contribution in [0.3, 0.4) is 0 Å². The van der Waals surface area contributed by atoms with Crippen LogP contribution in [0.1, 0.15) is 57.9 Å². The number of sulfonamides is 1. The first-order valence-electron chi connectivity index (χ1n) is 7.67. The Morgan fingerprint density at radius 3 is 2.45 bits per heavy atom. The molecule has 0 atom stereocenters. The average Bonchev–Trinajstić information content (AvgIpc) is 2.41. The van der Waals surface area contributed by atoms with Gasteiger partial charge in [-0.1, -0.05) is 51.7 Å². The molecule has 0 amide bonds. The predicted octanol–water partition coefficient (Wildman–Crippen LogP) is 4.35. The summed E-state index contributed by atoms with van der Waals surface area (Å²) in [5, 5.41) is 0. The van der Waals surface area contributed by atoms with Gasteiger partial charge in [-0.15, -0.1) is 0 Å². The summed E-state index contributed by atoms with van der Waals surface area (Å²) < 4.78 is 26.6. The molecular weight excluding hydrogens is 270 g/mol. The molecule has 0 saturated heterocycles. The van der Waals surface area contributed by atoms with E-state index in [0.717, 1.165) is 44.9 Å². The van der Waals surface area contributed by atoms with Crippen molar-refractivity contribution in [3.63, 3.8) is 0 Å². The van der Waals surface area contributed by atoms with E-state index in [0.29, 0.717) is 5.69 Å². The number of aryl methyl sites for hydroxylation is 1. The molecule has 1 aromatic carbocycles. The lowest BCUT2D eigenvalue weighted by molar-refractivity contribution is 0.594. The molecule has 0 aliphatic carbocycles. The second-order valence-corrected chi connectivity index (χ2v) is 7.13. The van der Waals surface area contributed by atoms with E-state index in [1.165, 1.54) is 5.56 Å². The molecule has 20 heavy (non-hydrogen) atoms. The first-order chi connectivity index (χ1) is 9.57. The molecule has 114 valence electrons. The van der Waals surface area contributed by atoms with Crippen LogP contribution in [0.25, 0.3) is 0 Å². The van der Waals surface area contributed by atoms with Crippen LogP contribution in [0.4, 0.5) is 5.69 Å². The molecule has 0 unspecified atom stereocenters. The summed E-state index contributed by atoms with van der Waals surface area (Å²) in [6.07, 6.45) is 7.21. The third kappa shape index (κ3) is 6.94. The van der Waals surface area contributed by atoms with Gasteiger partial charge < -0.3 is 0 Å². The first kappa shape index (κ1) is 17.0. The molecule has 0 bridgehead atoms. The van der Waals surface area contributed by atoms with Gasteiger partial charge >= 0.3 is 0 Å². The number of benzene rings is 1. The summed E-state index contributed by atoms with van der Waals surface area (Å²) in [4.78, 5) is 0. The Hall–Kier alpha value is -1.03. The number of unbranched alkanes of at least 4 members (excludes halogenated alkanes) is 4. The van der Waals surface area contributed by atoms with Crippen molar-refractivity contribution in [2.24, 2.45) is 0 Å². The Balaban J connectivity index is 2.53. The van der Waals surface area contributed by atoms with Crippen LogP contribution in [0.2, 0.25) is 0 Å². The maximum Gasteiger partial charge on any atom is 0.232 e. The molecule has 4 heteroatoms. The Morgan fingerprint density at radius 2 is 1.75 bits per heavy atom. The van der Waals surface area contributed by atoms with Gasteiger partial charge in [0.25, 0.3) is 0 Å². The predicted molar refractivity (Wildman–Crippen MR) is 86.6 cm³/mol. The summed E-state index contributed by atoms with van der Waals surface area (Å²) in [5.41, 5.74) is 1.88. The molecule has 0 aromatic heterocycles. The fraction of sp³-hybridized carbons (Fsp3) is 0.625. The van der Waals surface area contributed by atoms with E-state index >= 15 is 0 Å². The van der Waals surface area contributed by atoms with Gasteiger partial charge in [-0.3, -0.25) is 4.72 Å². The number of nitrogens with one attached hydrogen (secondary N) is 1. The topological polar surface area (TPSA) is 46.2 Å². The fourth-order valence-corrected chi connectivity index (χ4v) is 3.29. The van der Waals surface area contributed by atoms with E-state index in [4.69, 9.17) is 0 Å². The van der Waals surface area contributed by atoms with Gasteiger partial charge in [0.1, 0.15) is 0 Å². The van der Waals surface area contributed by atoms with Crippen molar-refractivity contribution in [1.82, 2.24) is 0 Å². The monoisotopic (exact) mass is 297 g/mol. The van der Waals surface area contributed by atoms with Crippen LogP contribution in [0, 0.1) is 0 Å². The van der Waals surface area contributed by atoms with Crippen molar-refractivity contribution in [3.05, 3.63) is 29.8 Å². The number of hydrogen-bond acceptors (Lipinski definition) is 2. The second-order valence-electron chi connectivity index (χ2n) is 5.29. The largest absolute Gasteiger partial charge is 0.284 e. The molecule has 0 aliphatic rings. The maximum absolute atomic E-state index is 12.0. The molecule has 0 radical (unpaired) electrons. The normalized spacial score (nSPS) is 11.5. The van der Waals surface area contributed by atoms with Crippen LogP contribution >= 0.6 is 0 Å². The second kappa shape index (κ2) is 9.01. The Labute approximate surface area is 123 Å². The van der Waals surface area contributed by atoms with Gasteiger partial charge in [0.15, 0.2) is 0 Å². The minimum Gasteiger partial charge on any atom is -0.284 e. The maximum atomic E-state index is 12.0. The van der Waals surface area contributed by atoms with E-state index in [2.05, 4.69) is 24.6 Å². The fourth-order valence-electron chi connectivity index (χ4n) is 2.12. The standard InChI is InChI=1S/C16H27NO2S/c1-3-5-7-8-13-20(18,19)17-16-12-9-11-15(14-16)10-6-4-2/h9,11-12,14,17H,3-8,10,13H2,1-2H3. The van der Waals surface area contributed by atoms with Crippen LogP contribution in [0.5, 0.6) is 0 Å². The third-order valence-corrected chi connectivity index (χ3v) is 4.66. The quantitative estimate of drug-likeness (QED) is 0.653. The molecule has 0 heterocycles. The Bertz CT molecular complexity index is 483. The molecule has 0 fully saturated rings. The van der Waals surface area contributed by atoms with Crippen LogP contribution in [-0.2, 0) is 16.4 Å². The highest BCUT2D eigenvalue weighted by Gasteiger charge is 2.10. The molecule has 0 spiro atoms. The van der Waals surface area contributed by atoms with Gasteiger partial charge in [-0.2, -0.15) is 0 Å². The van der Waals surface area contributed by atoms with Crippen molar-refractivity contribution in [3.8, 4) is 0 Å². The molecule has 3 nitrogen and oxygen atoms in total. The summed E-state index contributed by atoms with van der Waals surface area (Å²) in [7, 11) is -3.20. The van der Waals surface area contributed by atoms with E-state index in [9.17, 15) is 8.42 Å². The zero-order valence-corrected chi connectivity index (χ0v) is 13.5. The smallest absolute Gasteiger partial charge is 0.232 e. The number of hydrogen-bond donors (Lipinski definition) is 1. The highest BCUT2D eigenvalue weighted by atomic mass is 32.2. The summed E-state index contributed by atoms with van der Waals surface area (Å²) in [5.74, 6) is 0.214. The van der Waals surface area contributed by atoms with Crippen molar-refractivity contribution < 1.29 is 8.42 Å². The SMILES string of the molecule is CCCCCCS(=O)(=O)Nc1cccc(CCCC)c1. The molecule has 1 rings (SSSR count). The third-order valence-electron chi connectivity index (χ3n) is 3.29. The zero-order valence-electron chi connectivity index (χ0n) is 12.7. The summed E-state index contributed by atoms with van der Waals surface area (Å²) in [6, 6.07) is 7.73. The van der Waals surface area contributed by atoms with E-state index in [1.54, 1.807) is 0 Å². The molecular formula is C16H27NO2S. The van der Waals surface area contributed by atoms with E-state index < -0.39 is 10.0 Å². The van der Waals surface area contributed by atoms with Crippen molar-refractivity contribution >= 4 is 15.7 Å². The lowest BCUT2D eigenvalue weighted by atomic mass is 10.1. The van der Waals surface area contributed by atoms with Crippen LogP contribution < -0.4 is 4.72 Å². The van der Waals surface area contributed by atoms with Crippen molar-refractivity contribution in [1.29, 1.82) is 0 Å². The highest BCUT2D eigenvalue weighted by Crippen LogP contribution is 2.15. The van der Waals surface area contributed by atoms with Gasteiger partial charge in [-0.05, 0) is 37.0 Å². The summed E-state index contributed by atoms with van der Waals surface area (Å²) >= 11 is 0. The van der Waals surface area contributed by atoms with Crippen LogP contribution in [-0.4, -0.2) is 14.2 Å². The lowest BCUT2D eigenvalue weighted by Gasteiger charge is -2.09. The number of anilines is 1. The van der Waals surface area contributed by atoms with Crippen LogP contribution in [0.15, 0.2) is 24.3 Å². The lowest BCUT2D eigenvalue weighted by Crippen LogP contribution is -2.16. The van der Waals surface area contributed by atoms with Gasteiger partial charge in [-0.25, -0.2) is 8.42 Å². The zero-order chi connectivity index (χ0) is 14.8. The molecule has 1 aromatic rings. The average molecular weight is 297 g/mol. The van der Waals surface area contributed by atoms with E-state index in [-0.39, 0.29) is 5.75 Å². The highest BCUT2D eigenvalue weighted by molar-refractivity contribution is 7.92. The molecule has 0 aliphatic heterocycles. The van der Waals surface area contributed by atoms with Gasteiger partial charge in [0.05, 0.1) is 5.75 Å². The number of rotatable bonds is 10. The summed E-state index contributed by atoms with van der Waals surface area (Å²) in [6.45, 7) is 4.28.